The molecule has 0 aliphatic rings. The van der Waals surface area contributed by atoms with Crippen LogP contribution in [0, 0.1) is 0 Å². The van der Waals surface area contributed by atoms with E-state index in [2.05, 4.69) is 12.2 Å². The van der Waals surface area contributed by atoms with Crippen LogP contribution in [0.3, 0.4) is 0 Å². The van der Waals surface area contributed by atoms with E-state index in [4.69, 9.17) is 0 Å². The highest BCUT2D eigenvalue weighted by Gasteiger charge is 2.74. The maximum atomic E-state index is 13.0. The van der Waals surface area contributed by atoms with Crippen molar-refractivity contribution >= 4 is 28.3 Å². The molecule has 1 nitrogen and oxygen atoms in total. The Morgan fingerprint density at radius 3 is 1.44 bits per heavy atom. The zero-order valence-corrected chi connectivity index (χ0v) is 9.54. The lowest BCUT2D eigenvalue weighted by Crippen LogP contribution is -2.51. The fourth-order valence-corrected chi connectivity index (χ4v) is 1.49. The van der Waals surface area contributed by atoms with Crippen LogP contribution in [0.4, 0.5) is 30.7 Å². The fraction of sp³-hybridized carbons (Fsp3) is 0.833. The van der Waals surface area contributed by atoms with Crippen molar-refractivity contribution in [2.45, 2.75) is 17.4 Å². The molecule has 0 rings (SSSR count). The van der Waals surface area contributed by atoms with Crippen molar-refractivity contribution in [3.63, 3.8) is 0 Å². The molecule has 0 aromatic heterocycles. The van der Waals surface area contributed by atoms with Crippen molar-refractivity contribution in [1.29, 1.82) is 0 Å². The number of hydrogen-bond donors (Lipinski definition) is 0. The lowest BCUT2D eigenvalue weighted by molar-refractivity contribution is -0.302. The SMILES string of the molecule is CN(C)C(=S)SC(F)(C(F)(F)F)C(F)(F)F. The van der Waals surface area contributed by atoms with Crippen molar-refractivity contribution in [2.24, 2.45) is 0 Å². The molecule has 0 radical (unpaired) electrons. The number of thioether (sulfide) groups is 1. The standard InChI is InChI=1S/C6H6F7NS2/c1-14(2)3(15)16-4(7,5(8,9)10)6(11,12)13/h1-2H3. The van der Waals surface area contributed by atoms with Crippen molar-refractivity contribution in [3.8, 4) is 0 Å². The summed E-state index contributed by atoms with van der Waals surface area (Å²) < 4.78 is 84.3. The maximum absolute atomic E-state index is 13.0. The van der Waals surface area contributed by atoms with Gasteiger partial charge in [-0.05, 0) is 11.8 Å². The first kappa shape index (κ1) is 15.8. The predicted molar refractivity (Wildman–Crippen MR) is 49.8 cm³/mol. The van der Waals surface area contributed by atoms with Gasteiger partial charge in [0.25, 0.3) is 0 Å². The van der Waals surface area contributed by atoms with E-state index in [1.54, 1.807) is 0 Å². The zero-order chi connectivity index (χ0) is 13.4. The maximum Gasteiger partial charge on any atom is 0.441 e. The van der Waals surface area contributed by atoms with E-state index >= 15 is 0 Å². The lowest BCUT2D eigenvalue weighted by atomic mass is 10.3. The van der Waals surface area contributed by atoms with Crippen LogP contribution in [-0.4, -0.2) is 40.7 Å². The molecule has 0 N–H and O–H groups in total. The third-order valence-corrected chi connectivity index (χ3v) is 3.22. The molecule has 0 spiro atoms. The van der Waals surface area contributed by atoms with Crippen molar-refractivity contribution in [1.82, 2.24) is 4.90 Å². The van der Waals surface area contributed by atoms with E-state index in [0.29, 0.717) is 0 Å². The monoisotopic (exact) mass is 289 g/mol. The molecule has 0 aromatic carbocycles. The highest BCUT2D eigenvalue weighted by atomic mass is 32.2. The van der Waals surface area contributed by atoms with Gasteiger partial charge in [-0.25, -0.2) is 4.39 Å². The number of hydrogen-bond acceptors (Lipinski definition) is 2. The van der Waals surface area contributed by atoms with E-state index in [9.17, 15) is 30.7 Å². The van der Waals surface area contributed by atoms with Gasteiger partial charge in [-0.1, -0.05) is 12.2 Å². The molecule has 0 heterocycles. The van der Waals surface area contributed by atoms with Gasteiger partial charge in [0.2, 0.25) is 0 Å². The molecule has 0 amide bonds. The largest absolute Gasteiger partial charge is 0.441 e. The Morgan fingerprint density at radius 1 is 0.938 bits per heavy atom. The molecule has 0 bridgehead atoms. The van der Waals surface area contributed by atoms with E-state index in [0.717, 1.165) is 19.0 Å². The van der Waals surface area contributed by atoms with Gasteiger partial charge in [-0.2, -0.15) is 26.3 Å². The van der Waals surface area contributed by atoms with Gasteiger partial charge < -0.3 is 4.90 Å². The number of rotatable bonds is 1. The second kappa shape index (κ2) is 4.55. The molecule has 0 fully saturated rings. The smallest absolute Gasteiger partial charge is 0.364 e. The molecule has 0 aliphatic heterocycles. The van der Waals surface area contributed by atoms with Gasteiger partial charge >= 0.3 is 17.4 Å². The molecule has 0 aliphatic carbocycles. The van der Waals surface area contributed by atoms with Crippen LogP contribution in [0.5, 0.6) is 0 Å². The highest BCUT2D eigenvalue weighted by molar-refractivity contribution is 8.23. The number of nitrogens with zero attached hydrogens (tertiary/aromatic N) is 1. The Labute approximate surface area is 96.0 Å². The van der Waals surface area contributed by atoms with Crippen molar-refractivity contribution in [3.05, 3.63) is 0 Å². The predicted octanol–water partition coefficient (Wildman–Crippen LogP) is 3.36. The molecule has 0 saturated carbocycles. The summed E-state index contributed by atoms with van der Waals surface area (Å²) in [5, 5.41) is -5.39. The topological polar surface area (TPSA) is 3.24 Å². The second-order valence-corrected chi connectivity index (χ2v) is 4.65. The first-order chi connectivity index (χ1) is 6.83. The molecular weight excluding hydrogens is 283 g/mol. The van der Waals surface area contributed by atoms with E-state index in [1.807, 2.05) is 0 Å². The summed E-state index contributed by atoms with van der Waals surface area (Å²) in [7, 11) is 2.23. The minimum absolute atomic E-state index is 0.784. The van der Waals surface area contributed by atoms with Gasteiger partial charge in [-0.15, -0.1) is 0 Å². The average molecular weight is 289 g/mol. The first-order valence-electron chi connectivity index (χ1n) is 3.55. The number of thiocarbonyl (C=S) groups is 1. The Morgan fingerprint density at radius 2 is 1.25 bits per heavy atom. The van der Waals surface area contributed by atoms with Crippen LogP contribution < -0.4 is 0 Å². The Kier molecular flexibility index (Phi) is 4.48. The van der Waals surface area contributed by atoms with Crippen molar-refractivity contribution in [2.75, 3.05) is 14.1 Å². The van der Waals surface area contributed by atoms with E-state index in [1.165, 1.54) is 0 Å². The first-order valence-corrected chi connectivity index (χ1v) is 4.78. The summed E-state index contributed by atoms with van der Waals surface area (Å²) in [4.78, 5) is 0.784. The lowest BCUT2D eigenvalue weighted by Gasteiger charge is -2.30. The van der Waals surface area contributed by atoms with Crippen LogP contribution in [-0.2, 0) is 0 Å². The molecule has 16 heavy (non-hydrogen) atoms. The number of alkyl halides is 7. The average Bonchev–Trinajstić information content (AvgIpc) is 1.99. The number of halogens is 7. The summed E-state index contributed by atoms with van der Waals surface area (Å²) in [6.07, 6.45) is -12.2. The molecule has 0 aromatic rings. The Hall–Kier alpha value is -0.250. The minimum atomic E-state index is -6.09. The van der Waals surface area contributed by atoms with E-state index in [-0.39, 0.29) is 0 Å². The van der Waals surface area contributed by atoms with Crippen molar-refractivity contribution < 1.29 is 30.7 Å². The minimum Gasteiger partial charge on any atom is -0.364 e. The van der Waals surface area contributed by atoms with Crippen LogP contribution in [0.1, 0.15) is 0 Å². The molecule has 10 heteroatoms. The quantitative estimate of drug-likeness (QED) is 0.538. The molecule has 96 valence electrons. The van der Waals surface area contributed by atoms with Gasteiger partial charge in [0.1, 0.15) is 4.32 Å². The summed E-state index contributed by atoms with van der Waals surface area (Å²) >= 11 is 3.12. The molecule has 0 atom stereocenters. The van der Waals surface area contributed by atoms with Gasteiger partial charge in [-0.3, -0.25) is 0 Å². The fourth-order valence-electron chi connectivity index (χ4n) is 0.488. The highest BCUT2D eigenvalue weighted by Crippen LogP contribution is 2.53. The third kappa shape index (κ3) is 3.12. The van der Waals surface area contributed by atoms with E-state index < -0.39 is 33.4 Å². The van der Waals surface area contributed by atoms with Crippen LogP contribution in [0.15, 0.2) is 0 Å². The van der Waals surface area contributed by atoms with Gasteiger partial charge in [0.15, 0.2) is 0 Å². The van der Waals surface area contributed by atoms with Crippen LogP contribution in [0.2, 0.25) is 0 Å². The molecule has 0 saturated heterocycles. The molecular formula is C6H6F7NS2. The Balaban J connectivity index is 5.22. The zero-order valence-electron chi connectivity index (χ0n) is 7.91. The Bertz CT molecular complexity index is 255. The second-order valence-electron chi connectivity index (χ2n) is 2.85. The van der Waals surface area contributed by atoms with Crippen LogP contribution in [0.25, 0.3) is 0 Å². The van der Waals surface area contributed by atoms with Gasteiger partial charge in [0.05, 0.1) is 0 Å². The summed E-state index contributed by atoms with van der Waals surface area (Å²) in [6, 6.07) is 0. The van der Waals surface area contributed by atoms with Crippen LogP contribution >= 0.6 is 24.0 Å². The third-order valence-electron chi connectivity index (χ3n) is 1.32. The van der Waals surface area contributed by atoms with Gasteiger partial charge in [0, 0.05) is 14.1 Å². The normalized spacial score (nSPS) is 13.8. The molecule has 0 unspecified atom stereocenters. The summed E-state index contributed by atoms with van der Waals surface area (Å²) in [5.74, 6) is 0. The summed E-state index contributed by atoms with van der Waals surface area (Å²) in [6.45, 7) is 0. The summed E-state index contributed by atoms with van der Waals surface area (Å²) in [5.41, 5.74) is 0.